The Bertz CT molecular complexity index is 765. The van der Waals surface area contributed by atoms with Crippen molar-refractivity contribution in [3.05, 3.63) is 23.8 Å². The first-order valence-electron chi connectivity index (χ1n) is 7.96. The number of likely N-dealkylation sites (tertiary alicyclic amines) is 1. The smallest absolute Gasteiger partial charge is 0.286 e. The first-order valence-corrected chi connectivity index (χ1v) is 9.40. The van der Waals surface area contributed by atoms with Crippen LogP contribution in [0.1, 0.15) is 43.5 Å². The minimum Gasteiger partial charge on any atom is -0.339 e. The maximum absolute atomic E-state index is 12.5. The van der Waals surface area contributed by atoms with Gasteiger partial charge in [0.05, 0.1) is 5.69 Å². The van der Waals surface area contributed by atoms with E-state index in [4.69, 9.17) is 0 Å². The Morgan fingerprint density at radius 1 is 1.26 bits per heavy atom. The van der Waals surface area contributed by atoms with E-state index in [1.165, 1.54) is 6.07 Å². The van der Waals surface area contributed by atoms with Crippen LogP contribution in [0.4, 0.5) is 5.69 Å². The van der Waals surface area contributed by atoms with E-state index < -0.39 is 10.0 Å². The summed E-state index contributed by atoms with van der Waals surface area (Å²) in [4.78, 5) is 16.3. The first kappa shape index (κ1) is 16.0. The Labute approximate surface area is 136 Å². The average Bonchev–Trinajstić information content (AvgIpc) is 3.04. The number of carbonyl (C=O) groups excluding carboxylic acids is 1. The third-order valence-corrected chi connectivity index (χ3v) is 5.65. The number of anilines is 1. The third kappa shape index (κ3) is 2.85. The number of hydrogen-bond acceptors (Lipinski definition) is 4. The third-order valence-electron chi connectivity index (χ3n) is 4.26. The van der Waals surface area contributed by atoms with E-state index in [2.05, 4.69) is 4.40 Å². The fourth-order valence-corrected chi connectivity index (χ4v) is 4.40. The summed E-state index contributed by atoms with van der Waals surface area (Å²) in [5.41, 5.74) is 1.03. The van der Waals surface area contributed by atoms with Gasteiger partial charge in [0.1, 0.15) is 10.7 Å². The van der Waals surface area contributed by atoms with Gasteiger partial charge in [-0.3, -0.25) is 4.79 Å². The molecule has 0 saturated carbocycles. The van der Waals surface area contributed by atoms with Gasteiger partial charge in [0.25, 0.3) is 15.9 Å². The quantitative estimate of drug-likeness (QED) is 0.849. The number of benzene rings is 1. The molecule has 1 aromatic carbocycles. The van der Waals surface area contributed by atoms with Crippen molar-refractivity contribution in [3.8, 4) is 0 Å². The molecule has 0 atom stereocenters. The maximum Gasteiger partial charge on any atom is 0.286 e. The lowest BCUT2D eigenvalue weighted by atomic mass is 10.1. The van der Waals surface area contributed by atoms with Crippen LogP contribution < -0.4 is 4.90 Å². The molecule has 0 bridgehead atoms. The fourth-order valence-electron chi connectivity index (χ4n) is 3.13. The lowest BCUT2D eigenvalue weighted by Crippen LogP contribution is -2.35. The van der Waals surface area contributed by atoms with Gasteiger partial charge in [0, 0.05) is 25.2 Å². The van der Waals surface area contributed by atoms with Crippen molar-refractivity contribution >= 4 is 27.5 Å². The van der Waals surface area contributed by atoms with Crippen LogP contribution in [0.2, 0.25) is 0 Å². The maximum atomic E-state index is 12.5. The number of fused-ring (bicyclic) bond motifs is 1. The molecule has 7 heteroatoms. The summed E-state index contributed by atoms with van der Waals surface area (Å²) < 4.78 is 28.6. The van der Waals surface area contributed by atoms with E-state index >= 15 is 0 Å². The van der Waals surface area contributed by atoms with Crippen molar-refractivity contribution in [2.24, 2.45) is 4.40 Å². The number of carbonyl (C=O) groups is 1. The second-order valence-electron chi connectivity index (χ2n) is 5.95. The fraction of sp³-hybridized carbons (Fsp3) is 0.500. The monoisotopic (exact) mass is 335 g/mol. The van der Waals surface area contributed by atoms with Gasteiger partial charge in [0.2, 0.25) is 0 Å². The number of sulfonamides is 1. The molecule has 124 valence electrons. The molecular formula is C16H21N3O3S. The molecule has 1 aromatic rings. The molecule has 0 unspecified atom stereocenters. The predicted octanol–water partition coefficient (Wildman–Crippen LogP) is 2.26. The highest BCUT2D eigenvalue weighted by Gasteiger charge is 2.30. The minimum atomic E-state index is -3.75. The summed E-state index contributed by atoms with van der Waals surface area (Å²) in [6, 6.07) is 4.92. The number of hydrogen-bond donors (Lipinski definition) is 0. The molecule has 3 rings (SSSR count). The minimum absolute atomic E-state index is 0.103. The zero-order valence-electron chi connectivity index (χ0n) is 13.4. The molecule has 0 spiro atoms. The van der Waals surface area contributed by atoms with Crippen LogP contribution in [0, 0.1) is 0 Å². The van der Waals surface area contributed by atoms with Gasteiger partial charge in [-0.2, -0.15) is 8.42 Å². The van der Waals surface area contributed by atoms with Crippen LogP contribution in [-0.2, 0) is 10.0 Å². The number of nitrogens with zero attached hydrogens (tertiary/aromatic N) is 3. The summed E-state index contributed by atoms with van der Waals surface area (Å²) in [5, 5.41) is 0. The van der Waals surface area contributed by atoms with Gasteiger partial charge >= 0.3 is 0 Å². The molecule has 1 fully saturated rings. The summed E-state index contributed by atoms with van der Waals surface area (Å²) in [6.07, 6.45) is 2.88. The summed E-state index contributed by atoms with van der Waals surface area (Å²) in [5.74, 6) is 0.367. The largest absolute Gasteiger partial charge is 0.339 e. The summed E-state index contributed by atoms with van der Waals surface area (Å²) in [6.45, 7) is 5.89. The Hall–Kier alpha value is -1.89. The summed E-state index contributed by atoms with van der Waals surface area (Å²) in [7, 11) is -3.75. The Kier molecular flexibility index (Phi) is 4.14. The zero-order valence-corrected chi connectivity index (χ0v) is 14.3. The van der Waals surface area contributed by atoms with Crippen LogP contribution >= 0.6 is 0 Å². The molecule has 23 heavy (non-hydrogen) atoms. The lowest BCUT2D eigenvalue weighted by Gasteiger charge is -2.29. The van der Waals surface area contributed by atoms with E-state index in [0.29, 0.717) is 23.6 Å². The average molecular weight is 335 g/mol. The van der Waals surface area contributed by atoms with E-state index in [0.717, 1.165) is 32.4 Å². The zero-order chi connectivity index (χ0) is 16.6. The van der Waals surface area contributed by atoms with E-state index in [1.54, 1.807) is 24.0 Å². The second-order valence-corrected chi connectivity index (χ2v) is 7.52. The van der Waals surface area contributed by atoms with Gasteiger partial charge in [-0.25, -0.2) is 0 Å². The van der Waals surface area contributed by atoms with Crippen LogP contribution in [0.25, 0.3) is 0 Å². The van der Waals surface area contributed by atoms with Crippen molar-refractivity contribution in [1.29, 1.82) is 0 Å². The normalized spacial score (nSPS) is 19.5. The van der Waals surface area contributed by atoms with Crippen LogP contribution in [0.3, 0.4) is 0 Å². The molecule has 0 radical (unpaired) electrons. The molecule has 0 aliphatic carbocycles. The van der Waals surface area contributed by atoms with Gasteiger partial charge in [-0.15, -0.1) is 4.40 Å². The lowest BCUT2D eigenvalue weighted by molar-refractivity contribution is 0.0792. The van der Waals surface area contributed by atoms with Crippen LogP contribution in [0.5, 0.6) is 0 Å². The van der Waals surface area contributed by atoms with Gasteiger partial charge in [0.15, 0.2) is 0 Å². The highest BCUT2D eigenvalue weighted by Crippen LogP contribution is 2.33. The van der Waals surface area contributed by atoms with Gasteiger partial charge in [-0.05, 0) is 44.4 Å². The Balaban J connectivity index is 2.04. The van der Waals surface area contributed by atoms with Gasteiger partial charge in [-0.1, -0.05) is 6.92 Å². The first-order chi connectivity index (χ1) is 10.9. The Morgan fingerprint density at radius 3 is 2.61 bits per heavy atom. The molecule has 1 amide bonds. The van der Waals surface area contributed by atoms with Crippen molar-refractivity contribution in [2.75, 3.05) is 24.5 Å². The highest BCUT2D eigenvalue weighted by molar-refractivity contribution is 7.90. The van der Waals surface area contributed by atoms with Crippen molar-refractivity contribution in [1.82, 2.24) is 4.90 Å². The SMILES string of the molecule is CCCN1C(C)=NS(=O)(=O)c2cc(C(=O)N3CCCC3)ccc21. The molecule has 2 aliphatic heterocycles. The van der Waals surface area contributed by atoms with Crippen LogP contribution in [0.15, 0.2) is 27.5 Å². The predicted molar refractivity (Wildman–Crippen MR) is 89.5 cm³/mol. The second kappa shape index (κ2) is 5.96. The molecule has 2 aliphatic rings. The van der Waals surface area contributed by atoms with E-state index in [1.807, 2.05) is 11.8 Å². The molecule has 0 aromatic heterocycles. The molecule has 1 saturated heterocycles. The Morgan fingerprint density at radius 2 is 1.96 bits per heavy atom. The summed E-state index contributed by atoms with van der Waals surface area (Å²) >= 11 is 0. The standard InChI is InChI=1S/C16H21N3O3S/c1-3-8-19-12(2)17-23(21,22)15-11-13(6-7-14(15)19)16(20)18-9-4-5-10-18/h6-7,11H,3-5,8-10H2,1-2H3. The number of amides is 1. The van der Waals surface area contributed by atoms with E-state index in [9.17, 15) is 13.2 Å². The molecular weight excluding hydrogens is 314 g/mol. The van der Waals surface area contributed by atoms with E-state index in [-0.39, 0.29) is 10.8 Å². The number of amidine groups is 1. The van der Waals surface area contributed by atoms with Crippen LogP contribution in [-0.4, -0.2) is 44.7 Å². The molecule has 2 heterocycles. The van der Waals surface area contributed by atoms with Crippen molar-refractivity contribution in [2.45, 2.75) is 38.0 Å². The number of rotatable bonds is 3. The molecule has 6 nitrogen and oxygen atoms in total. The van der Waals surface area contributed by atoms with Gasteiger partial charge < -0.3 is 9.80 Å². The molecule has 0 N–H and O–H groups in total. The van der Waals surface area contributed by atoms with Crippen molar-refractivity contribution < 1.29 is 13.2 Å². The topological polar surface area (TPSA) is 70.0 Å². The van der Waals surface area contributed by atoms with Crippen molar-refractivity contribution in [3.63, 3.8) is 0 Å². The highest BCUT2D eigenvalue weighted by atomic mass is 32.2.